The molecule has 0 spiro atoms. The summed E-state index contributed by atoms with van der Waals surface area (Å²) in [5.41, 5.74) is 1.81. The number of para-hydroxylation sites is 1. The van der Waals surface area contributed by atoms with Crippen LogP contribution in [0.15, 0.2) is 60.7 Å². The maximum Gasteiger partial charge on any atom is 0.274 e. The number of nitrogens with one attached hydrogen (secondary N) is 2. The zero-order valence-electron chi connectivity index (χ0n) is 14.0. The van der Waals surface area contributed by atoms with Crippen molar-refractivity contribution >= 4 is 23.1 Å². The zero-order chi connectivity index (χ0) is 17.6. The van der Waals surface area contributed by atoms with Crippen molar-refractivity contribution in [2.75, 3.05) is 17.7 Å². The van der Waals surface area contributed by atoms with E-state index in [9.17, 15) is 4.79 Å². The number of rotatable bonds is 5. The molecular weight excluding hydrogens is 316 g/mol. The van der Waals surface area contributed by atoms with Crippen LogP contribution in [0.5, 0.6) is 5.75 Å². The monoisotopic (exact) mass is 334 g/mol. The normalized spacial score (nSPS) is 10.2. The molecule has 0 aliphatic carbocycles. The van der Waals surface area contributed by atoms with Crippen molar-refractivity contribution in [2.45, 2.75) is 6.92 Å². The molecule has 0 bridgehead atoms. The highest BCUT2D eigenvalue weighted by Gasteiger charge is 2.11. The molecule has 0 unspecified atom stereocenters. The van der Waals surface area contributed by atoms with Gasteiger partial charge >= 0.3 is 0 Å². The van der Waals surface area contributed by atoms with Crippen LogP contribution in [0.2, 0.25) is 0 Å². The third kappa shape index (κ3) is 4.32. The quantitative estimate of drug-likeness (QED) is 0.742. The number of amides is 1. The number of aromatic nitrogens is 2. The second-order valence-corrected chi connectivity index (χ2v) is 5.36. The van der Waals surface area contributed by atoms with Crippen molar-refractivity contribution in [1.29, 1.82) is 0 Å². The summed E-state index contributed by atoms with van der Waals surface area (Å²) in [6.45, 7) is 1.75. The Morgan fingerprint density at radius 1 is 0.960 bits per heavy atom. The minimum absolute atomic E-state index is 0.286. The first-order valence-corrected chi connectivity index (χ1v) is 7.77. The maximum absolute atomic E-state index is 12.5. The van der Waals surface area contributed by atoms with Gasteiger partial charge in [-0.3, -0.25) is 4.79 Å². The summed E-state index contributed by atoms with van der Waals surface area (Å²) >= 11 is 0. The van der Waals surface area contributed by atoms with Crippen LogP contribution in [0.3, 0.4) is 0 Å². The van der Waals surface area contributed by atoms with Crippen LogP contribution in [-0.2, 0) is 0 Å². The highest BCUT2D eigenvalue weighted by Crippen LogP contribution is 2.19. The first-order chi connectivity index (χ1) is 12.1. The molecule has 25 heavy (non-hydrogen) atoms. The van der Waals surface area contributed by atoms with Gasteiger partial charge in [0.05, 0.1) is 7.11 Å². The Kier molecular flexibility index (Phi) is 4.89. The molecule has 1 amide bonds. The Bertz CT molecular complexity index is 882. The first kappa shape index (κ1) is 16.4. The van der Waals surface area contributed by atoms with Crippen molar-refractivity contribution in [2.24, 2.45) is 0 Å². The average Bonchev–Trinajstić information content (AvgIpc) is 2.62. The number of benzene rings is 2. The number of anilines is 3. The molecule has 3 aromatic rings. The van der Waals surface area contributed by atoms with Gasteiger partial charge in [0, 0.05) is 23.5 Å². The summed E-state index contributed by atoms with van der Waals surface area (Å²) in [7, 11) is 1.58. The summed E-state index contributed by atoms with van der Waals surface area (Å²) < 4.78 is 5.16. The van der Waals surface area contributed by atoms with Gasteiger partial charge in [-0.25, -0.2) is 9.97 Å². The van der Waals surface area contributed by atoms with Gasteiger partial charge in [0.15, 0.2) is 0 Å². The van der Waals surface area contributed by atoms with Gasteiger partial charge in [0.2, 0.25) is 0 Å². The highest BCUT2D eigenvalue weighted by molar-refractivity contribution is 6.03. The molecule has 0 saturated heterocycles. The van der Waals surface area contributed by atoms with Crippen molar-refractivity contribution < 1.29 is 9.53 Å². The van der Waals surface area contributed by atoms with Crippen LogP contribution in [0.25, 0.3) is 0 Å². The number of nitrogens with zero attached hydrogens (tertiary/aromatic N) is 2. The number of methoxy groups -OCH3 is 1. The second kappa shape index (κ2) is 7.44. The summed E-state index contributed by atoms with van der Waals surface area (Å²) in [5, 5.41) is 5.99. The minimum atomic E-state index is -0.310. The van der Waals surface area contributed by atoms with Gasteiger partial charge in [-0.05, 0) is 31.2 Å². The van der Waals surface area contributed by atoms with Crippen molar-refractivity contribution in [3.05, 3.63) is 72.2 Å². The molecule has 6 nitrogen and oxygen atoms in total. The fourth-order valence-corrected chi connectivity index (χ4v) is 2.31. The predicted molar refractivity (Wildman–Crippen MR) is 97.4 cm³/mol. The molecule has 0 atom stereocenters. The number of carbonyl (C=O) groups excluding carboxylic acids is 1. The predicted octanol–water partition coefficient (Wildman–Crippen LogP) is 3.79. The average molecular weight is 334 g/mol. The molecule has 1 aromatic heterocycles. The van der Waals surface area contributed by atoms with Crippen molar-refractivity contribution in [1.82, 2.24) is 9.97 Å². The number of aryl methyl sites for hydroxylation is 1. The van der Waals surface area contributed by atoms with Gasteiger partial charge in [-0.1, -0.05) is 24.3 Å². The Morgan fingerprint density at radius 2 is 1.72 bits per heavy atom. The fourth-order valence-electron chi connectivity index (χ4n) is 2.31. The van der Waals surface area contributed by atoms with Crippen LogP contribution in [0, 0.1) is 6.92 Å². The Balaban J connectivity index is 1.80. The van der Waals surface area contributed by atoms with Gasteiger partial charge in [0.1, 0.15) is 23.1 Å². The van der Waals surface area contributed by atoms with Gasteiger partial charge in [0.25, 0.3) is 5.91 Å². The molecule has 0 saturated carbocycles. The third-order valence-corrected chi connectivity index (χ3v) is 3.44. The van der Waals surface area contributed by atoms with E-state index in [1.165, 1.54) is 0 Å². The molecule has 0 fully saturated rings. The van der Waals surface area contributed by atoms with Crippen LogP contribution in [-0.4, -0.2) is 23.0 Å². The maximum atomic E-state index is 12.5. The Hall–Kier alpha value is -3.41. The summed E-state index contributed by atoms with van der Waals surface area (Å²) in [4.78, 5) is 21.0. The van der Waals surface area contributed by atoms with E-state index < -0.39 is 0 Å². The van der Waals surface area contributed by atoms with Crippen molar-refractivity contribution in [3.63, 3.8) is 0 Å². The molecule has 126 valence electrons. The topological polar surface area (TPSA) is 76.1 Å². The van der Waals surface area contributed by atoms with E-state index in [0.717, 1.165) is 5.69 Å². The number of ether oxygens (including phenoxy) is 1. The molecule has 1 heterocycles. The number of hydrogen-bond acceptors (Lipinski definition) is 5. The highest BCUT2D eigenvalue weighted by atomic mass is 16.5. The minimum Gasteiger partial charge on any atom is -0.497 e. The lowest BCUT2D eigenvalue weighted by molar-refractivity contribution is 0.102. The number of carbonyl (C=O) groups is 1. The largest absolute Gasteiger partial charge is 0.497 e. The van der Waals surface area contributed by atoms with E-state index in [0.29, 0.717) is 23.1 Å². The zero-order valence-corrected chi connectivity index (χ0v) is 14.0. The third-order valence-electron chi connectivity index (χ3n) is 3.44. The van der Waals surface area contributed by atoms with Gasteiger partial charge < -0.3 is 15.4 Å². The van der Waals surface area contributed by atoms with E-state index in [2.05, 4.69) is 20.6 Å². The van der Waals surface area contributed by atoms with E-state index in [1.54, 1.807) is 32.2 Å². The smallest absolute Gasteiger partial charge is 0.274 e. The lowest BCUT2D eigenvalue weighted by Crippen LogP contribution is -2.15. The molecule has 6 heteroatoms. The SMILES string of the molecule is COc1cccc(NC(=O)c2cc(Nc3ccccc3)nc(C)n2)c1. The van der Waals surface area contributed by atoms with E-state index in [4.69, 9.17) is 4.74 Å². The summed E-state index contributed by atoms with van der Waals surface area (Å²) in [6, 6.07) is 18.4. The second-order valence-electron chi connectivity index (χ2n) is 5.36. The standard InChI is InChI=1S/C19H18N4O2/c1-13-20-17(12-18(21-13)22-14-7-4-3-5-8-14)19(24)23-15-9-6-10-16(11-15)25-2/h3-12H,1-2H3,(H,23,24)(H,20,21,22). The summed E-state index contributed by atoms with van der Waals surface area (Å²) in [6.07, 6.45) is 0. The number of hydrogen-bond donors (Lipinski definition) is 2. The van der Waals surface area contributed by atoms with Crippen LogP contribution in [0.4, 0.5) is 17.2 Å². The first-order valence-electron chi connectivity index (χ1n) is 7.77. The van der Waals surface area contributed by atoms with Crippen LogP contribution in [0.1, 0.15) is 16.3 Å². The van der Waals surface area contributed by atoms with Crippen LogP contribution < -0.4 is 15.4 Å². The van der Waals surface area contributed by atoms with Crippen molar-refractivity contribution in [3.8, 4) is 5.75 Å². The molecule has 0 aliphatic rings. The lowest BCUT2D eigenvalue weighted by Gasteiger charge is -2.10. The molecular formula is C19H18N4O2. The van der Waals surface area contributed by atoms with E-state index in [1.807, 2.05) is 42.5 Å². The Labute approximate surface area is 145 Å². The summed E-state index contributed by atoms with van der Waals surface area (Å²) in [5.74, 6) is 1.43. The molecule has 3 rings (SSSR count). The van der Waals surface area contributed by atoms with Gasteiger partial charge in [-0.2, -0.15) is 0 Å². The van der Waals surface area contributed by atoms with E-state index >= 15 is 0 Å². The molecule has 2 N–H and O–H groups in total. The van der Waals surface area contributed by atoms with Gasteiger partial charge in [-0.15, -0.1) is 0 Å². The molecule has 0 aliphatic heterocycles. The Morgan fingerprint density at radius 3 is 2.48 bits per heavy atom. The molecule has 0 radical (unpaired) electrons. The van der Waals surface area contributed by atoms with E-state index in [-0.39, 0.29) is 11.6 Å². The fraction of sp³-hybridized carbons (Fsp3) is 0.105. The van der Waals surface area contributed by atoms with Crippen LogP contribution >= 0.6 is 0 Å². The lowest BCUT2D eigenvalue weighted by atomic mass is 10.2. The molecule has 2 aromatic carbocycles.